The molecule has 6 heteroatoms. The van der Waals surface area contributed by atoms with Crippen molar-refractivity contribution in [2.75, 3.05) is 0 Å². The van der Waals surface area contributed by atoms with Gasteiger partial charge in [-0.25, -0.2) is 9.82 Å². The zero-order valence-corrected chi connectivity index (χ0v) is 20.2. The van der Waals surface area contributed by atoms with E-state index in [1.54, 1.807) is 25.3 Å². The summed E-state index contributed by atoms with van der Waals surface area (Å²) in [6.07, 6.45) is 0.815. The lowest BCUT2D eigenvalue weighted by Gasteiger charge is -2.15. The highest BCUT2D eigenvalue weighted by Crippen LogP contribution is 2.28. The van der Waals surface area contributed by atoms with Gasteiger partial charge in [0.1, 0.15) is 23.9 Å². The maximum absolute atomic E-state index is 13.2. The van der Waals surface area contributed by atoms with Gasteiger partial charge in [-0.1, -0.05) is 78.9 Å². The Bertz CT molecular complexity index is 1580. The van der Waals surface area contributed by atoms with Gasteiger partial charge in [0.25, 0.3) is 5.91 Å². The molecule has 0 saturated heterocycles. The summed E-state index contributed by atoms with van der Waals surface area (Å²) in [6, 6.07) is 31.4. The molecule has 5 rings (SSSR count). The van der Waals surface area contributed by atoms with Crippen LogP contribution in [0.25, 0.3) is 21.5 Å². The lowest BCUT2D eigenvalue weighted by molar-refractivity contribution is -0.127. The van der Waals surface area contributed by atoms with Crippen LogP contribution in [0.2, 0.25) is 0 Å². The van der Waals surface area contributed by atoms with Crippen molar-refractivity contribution in [1.82, 2.24) is 5.43 Å². The fraction of sp³-hybridized carbons (Fsp3) is 0.0968. The van der Waals surface area contributed by atoms with Gasteiger partial charge < -0.3 is 9.47 Å². The Morgan fingerprint density at radius 1 is 0.838 bits per heavy atom. The van der Waals surface area contributed by atoms with Crippen molar-refractivity contribution in [2.24, 2.45) is 5.10 Å². The number of benzene rings is 5. The molecule has 5 nitrogen and oxygen atoms in total. The Morgan fingerprint density at radius 2 is 1.51 bits per heavy atom. The second kappa shape index (κ2) is 10.9. The van der Waals surface area contributed by atoms with Gasteiger partial charge in [-0.15, -0.1) is 0 Å². The minimum absolute atomic E-state index is 0.266. The first-order valence-corrected chi connectivity index (χ1v) is 11.9. The van der Waals surface area contributed by atoms with Crippen molar-refractivity contribution >= 4 is 33.7 Å². The Kier molecular flexibility index (Phi) is 7.08. The summed E-state index contributed by atoms with van der Waals surface area (Å²) in [7, 11) is 0. The highest BCUT2D eigenvalue weighted by Gasteiger charge is 2.16. The molecule has 0 heterocycles. The third-order valence-corrected chi connectivity index (χ3v) is 6.03. The molecule has 1 amide bonds. The van der Waals surface area contributed by atoms with E-state index in [1.165, 1.54) is 12.1 Å². The smallest absolute Gasteiger partial charge is 0.280 e. The van der Waals surface area contributed by atoms with E-state index in [0.29, 0.717) is 11.5 Å². The van der Waals surface area contributed by atoms with Crippen LogP contribution in [-0.4, -0.2) is 18.2 Å². The van der Waals surface area contributed by atoms with Gasteiger partial charge in [-0.05, 0) is 52.9 Å². The molecule has 5 aromatic rings. The van der Waals surface area contributed by atoms with Crippen LogP contribution in [0.15, 0.2) is 108 Å². The molecule has 0 spiro atoms. The maximum atomic E-state index is 13.2. The van der Waals surface area contributed by atoms with Crippen LogP contribution in [0.1, 0.15) is 18.1 Å². The second-order valence-corrected chi connectivity index (χ2v) is 8.59. The van der Waals surface area contributed by atoms with E-state index >= 15 is 0 Å². The van der Waals surface area contributed by atoms with Gasteiger partial charge in [0, 0.05) is 10.9 Å². The molecule has 0 saturated carbocycles. The molecular weight excluding hydrogens is 467 g/mol. The van der Waals surface area contributed by atoms with E-state index in [-0.39, 0.29) is 18.3 Å². The molecule has 37 heavy (non-hydrogen) atoms. The Morgan fingerprint density at radius 3 is 2.30 bits per heavy atom. The van der Waals surface area contributed by atoms with Crippen molar-refractivity contribution in [3.05, 3.63) is 120 Å². The summed E-state index contributed by atoms with van der Waals surface area (Å²) in [6.45, 7) is 1.95. The molecule has 1 N–H and O–H groups in total. The first-order valence-electron chi connectivity index (χ1n) is 11.9. The first-order chi connectivity index (χ1) is 18.1. The average Bonchev–Trinajstić information content (AvgIpc) is 2.93. The summed E-state index contributed by atoms with van der Waals surface area (Å²) in [5.41, 5.74) is 4.14. The van der Waals surface area contributed by atoms with E-state index in [0.717, 1.165) is 32.7 Å². The van der Waals surface area contributed by atoms with E-state index in [1.807, 2.05) is 78.9 Å². The summed E-state index contributed by atoms with van der Waals surface area (Å²) in [5, 5.41) is 8.12. The number of carbonyl (C=O) groups excluding carboxylic acids is 1. The number of hydrazone groups is 1. The third kappa shape index (κ3) is 5.59. The van der Waals surface area contributed by atoms with Gasteiger partial charge in [-0.3, -0.25) is 4.79 Å². The van der Waals surface area contributed by atoms with Crippen LogP contribution in [-0.2, 0) is 11.4 Å². The summed E-state index contributed by atoms with van der Waals surface area (Å²) < 4.78 is 25.2. The van der Waals surface area contributed by atoms with Gasteiger partial charge in [-0.2, -0.15) is 5.10 Å². The number of nitrogens with zero attached hydrogens (tertiary/aromatic N) is 1. The fourth-order valence-corrected chi connectivity index (χ4v) is 4.07. The second-order valence-electron chi connectivity index (χ2n) is 8.59. The predicted octanol–water partition coefficient (Wildman–Crippen LogP) is 6.63. The fourth-order valence-electron chi connectivity index (χ4n) is 4.07. The Labute approximate surface area is 214 Å². The topological polar surface area (TPSA) is 59.9 Å². The Balaban J connectivity index is 1.32. The molecule has 184 valence electrons. The normalized spacial score (nSPS) is 12.1. The largest absolute Gasteiger partial charge is 0.488 e. The predicted molar refractivity (Wildman–Crippen MR) is 144 cm³/mol. The van der Waals surface area contributed by atoms with Crippen molar-refractivity contribution < 1.29 is 18.7 Å². The SMILES string of the molecule is C[C@@H](Oc1cccc2ccccc12)C(=O)N/N=C\c1c(OCc2ccc(F)cc2)ccc2ccccc12. The number of hydrogen-bond donors (Lipinski definition) is 1. The van der Waals surface area contributed by atoms with E-state index in [9.17, 15) is 9.18 Å². The summed E-state index contributed by atoms with van der Waals surface area (Å²) in [4.78, 5) is 12.7. The number of carbonyl (C=O) groups is 1. The molecule has 0 bridgehead atoms. The number of nitrogens with one attached hydrogen (secondary N) is 1. The quantitative estimate of drug-likeness (QED) is 0.195. The number of hydrogen-bond acceptors (Lipinski definition) is 4. The number of halogens is 1. The van der Waals surface area contributed by atoms with Gasteiger partial charge in [0.15, 0.2) is 6.10 Å². The van der Waals surface area contributed by atoms with Crippen molar-refractivity contribution in [3.63, 3.8) is 0 Å². The highest BCUT2D eigenvalue weighted by atomic mass is 19.1. The third-order valence-electron chi connectivity index (χ3n) is 6.03. The molecule has 0 aliphatic heterocycles. The lowest BCUT2D eigenvalue weighted by atomic mass is 10.0. The van der Waals surface area contributed by atoms with Gasteiger partial charge in [0.2, 0.25) is 0 Å². The number of amides is 1. The minimum Gasteiger partial charge on any atom is -0.488 e. The van der Waals surface area contributed by atoms with Crippen LogP contribution >= 0.6 is 0 Å². The summed E-state index contributed by atoms with van der Waals surface area (Å²) >= 11 is 0. The van der Waals surface area contributed by atoms with Crippen LogP contribution in [0.5, 0.6) is 11.5 Å². The first kappa shape index (κ1) is 24.0. The number of ether oxygens (including phenoxy) is 2. The lowest BCUT2D eigenvalue weighted by Crippen LogP contribution is -2.33. The number of fused-ring (bicyclic) bond motifs is 2. The van der Waals surface area contributed by atoms with Crippen LogP contribution in [0.3, 0.4) is 0 Å². The van der Waals surface area contributed by atoms with Gasteiger partial charge >= 0.3 is 0 Å². The number of rotatable bonds is 8. The highest BCUT2D eigenvalue weighted by molar-refractivity contribution is 6.02. The zero-order valence-electron chi connectivity index (χ0n) is 20.2. The average molecular weight is 493 g/mol. The van der Waals surface area contributed by atoms with E-state index in [2.05, 4.69) is 10.5 Å². The van der Waals surface area contributed by atoms with Crippen molar-refractivity contribution in [2.45, 2.75) is 19.6 Å². The summed E-state index contributed by atoms with van der Waals surface area (Å²) in [5.74, 6) is 0.561. The molecule has 0 unspecified atom stereocenters. The molecular formula is C31H25FN2O3. The monoisotopic (exact) mass is 492 g/mol. The Hall–Kier alpha value is -4.71. The van der Waals surface area contributed by atoms with Gasteiger partial charge in [0.05, 0.1) is 6.21 Å². The van der Waals surface area contributed by atoms with E-state index < -0.39 is 6.10 Å². The van der Waals surface area contributed by atoms with Crippen LogP contribution in [0, 0.1) is 5.82 Å². The standard InChI is InChI=1S/C31H25FN2O3/c1-21(37-30-12-6-9-23-7-3-5-11-27(23)30)31(35)34-33-19-28-26-10-4-2-8-24(26)15-18-29(28)36-20-22-13-16-25(32)17-14-22/h2-19,21H,20H2,1H3,(H,34,35)/b33-19-/t21-/m1/s1. The van der Waals surface area contributed by atoms with Crippen LogP contribution < -0.4 is 14.9 Å². The van der Waals surface area contributed by atoms with Crippen LogP contribution in [0.4, 0.5) is 4.39 Å². The van der Waals surface area contributed by atoms with E-state index in [4.69, 9.17) is 9.47 Å². The molecule has 0 aliphatic rings. The molecule has 1 atom stereocenters. The molecule has 0 fully saturated rings. The van der Waals surface area contributed by atoms with Crippen molar-refractivity contribution in [1.29, 1.82) is 0 Å². The molecule has 0 radical (unpaired) electrons. The zero-order chi connectivity index (χ0) is 25.6. The molecule has 0 aromatic heterocycles. The maximum Gasteiger partial charge on any atom is 0.280 e. The molecule has 0 aliphatic carbocycles. The molecule has 5 aromatic carbocycles. The van der Waals surface area contributed by atoms with Crippen molar-refractivity contribution in [3.8, 4) is 11.5 Å². The minimum atomic E-state index is -0.760.